The third-order valence-electron chi connectivity index (χ3n) is 3.00. The van der Waals surface area contributed by atoms with Crippen LogP contribution in [-0.2, 0) is 4.79 Å². The van der Waals surface area contributed by atoms with E-state index in [9.17, 15) is 4.79 Å². The van der Waals surface area contributed by atoms with Crippen LogP contribution in [0.3, 0.4) is 0 Å². The summed E-state index contributed by atoms with van der Waals surface area (Å²) in [4.78, 5) is 12.1. The van der Waals surface area contributed by atoms with Gasteiger partial charge in [0.15, 0.2) is 0 Å². The van der Waals surface area contributed by atoms with Gasteiger partial charge in [-0.1, -0.05) is 65.1 Å². The molecule has 3 nitrogen and oxygen atoms in total. The van der Waals surface area contributed by atoms with Crippen molar-refractivity contribution in [1.82, 2.24) is 5.32 Å². The quantitative estimate of drug-likeness (QED) is 0.258. The number of benzene rings is 2. The number of nitrogens with one attached hydrogen (secondary N) is 2. The Kier molecular flexibility index (Phi) is 7.22. The zero-order valence-corrected chi connectivity index (χ0v) is 16.8. The molecule has 2 N–H and O–H groups in total. The standard InChI is InChI=1S/C17H14Cl3IN2O/c18-17(19,20)16(22-14-9-7-13(21)8-10-14)23-15(24)11-6-12-4-2-1-3-5-12/h1-11,16,22H,(H,23,24)/b11-6+. The van der Waals surface area contributed by atoms with Crippen LogP contribution >= 0.6 is 57.4 Å². The van der Waals surface area contributed by atoms with E-state index in [1.165, 1.54) is 6.08 Å². The van der Waals surface area contributed by atoms with E-state index in [0.29, 0.717) is 0 Å². The second-order valence-electron chi connectivity index (χ2n) is 4.88. The number of carbonyl (C=O) groups is 1. The third kappa shape index (κ3) is 6.51. The number of rotatable bonds is 5. The van der Waals surface area contributed by atoms with Crippen molar-refractivity contribution in [3.63, 3.8) is 0 Å². The van der Waals surface area contributed by atoms with Crippen molar-refractivity contribution < 1.29 is 4.79 Å². The van der Waals surface area contributed by atoms with E-state index in [2.05, 4.69) is 33.2 Å². The van der Waals surface area contributed by atoms with Crippen molar-refractivity contribution in [2.45, 2.75) is 9.96 Å². The molecule has 1 atom stereocenters. The molecule has 0 aliphatic rings. The van der Waals surface area contributed by atoms with Gasteiger partial charge >= 0.3 is 0 Å². The molecule has 0 aliphatic carbocycles. The van der Waals surface area contributed by atoms with Gasteiger partial charge < -0.3 is 10.6 Å². The van der Waals surface area contributed by atoms with Crippen LogP contribution in [0.5, 0.6) is 0 Å². The minimum Gasteiger partial charge on any atom is -0.362 e. The van der Waals surface area contributed by atoms with Crippen molar-refractivity contribution in [1.29, 1.82) is 0 Å². The molecule has 0 spiro atoms. The largest absolute Gasteiger partial charge is 0.362 e. The van der Waals surface area contributed by atoms with Gasteiger partial charge in [0.25, 0.3) is 0 Å². The van der Waals surface area contributed by atoms with E-state index in [1.54, 1.807) is 6.08 Å². The highest BCUT2D eigenvalue weighted by Crippen LogP contribution is 2.31. The first kappa shape index (κ1) is 19.4. The fourth-order valence-electron chi connectivity index (χ4n) is 1.84. The number of hydrogen-bond acceptors (Lipinski definition) is 2. The smallest absolute Gasteiger partial charge is 0.245 e. The lowest BCUT2D eigenvalue weighted by Gasteiger charge is -2.27. The van der Waals surface area contributed by atoms with Crippen LogP contribution in [0.25, 0.3) is 6.08 Å². The molecule has 0 bridgehead atoms. The van der Waals surface area contributed by atoms with Gasteiger partial charge in [-0.15, -0.1) is 0 Å². The summed E-state index contributed by atoms with van der Waals surface area (Å²) in [7, 11) is 0. The van der Waals surface area contributed by atoms with Crippen LogP contribution in [0.1, 0.15) is 5.56 Å². The minimum absolute atomic E-state index is 0.367. The summed E-state index contributed by atoms with van der Waals surface area (Å²) in [5.74, 6) is -0.367. The average molecular weight is 496 g/mol. The second kappa shape index (κ2) is 8.94. The van der Waals surface area contributed by atoms with Crippen molar-refractivity contribution in [2.24, 2.45) is 0 Å². The molecule has 0 fully saturated rings. The van der Waals surface area contributed by atoms with Gasteiger partial charge in [-0.05, 0) is 58.5 Å². The van der Waals surface area contributed by atoms with Crippen molar-refractivity contribution in [3.05, 3.63) is 69.8 Å². The summed E-state index contributed by atoms with van der Waals surface area (Å²) < 4.78 is -0.627. The van der Waals surface area contributed by atoms with Crippen LogP contribution in [0.2, 0.25) is 0 Å². The summed E-state index contributed by atoms with van der Waals surface area (Å²) >= 11 is 20.1. The Morgan fingerprint density at radius 3 is 2.25 bits per heavy atom. The van der Waals surface area contributed by atoms with Crippen LogP contribution in [0.15, 0.2) is 60.7 Å². The molecule has 2 aromatic rings. The van der Waals surface area contributed by atoms with Crippen molar-refractivity contribution >= 4 is 75.1 Å². The lowest BCUT2D eigenvalue weighted by molar-refractivity contribution is -0.116. The Bertz CT molecular complexity index is 700. The molecule has 0 saturated carbocycles. The molecular weight excluding hydrogens is 481 g/mol. The Labute approximate surface area is 169 Å². The summed E-state index contributed by atoms with van der Waals surface area (Å²) in [5, 5.41) is 5.67. The molecule has 0 aromatic heterocycles. The van der Waals surface area contributed by atoms with Gasteiger partial charge in [0.2, 0.25) is 9.70 Å². The molecule has 2 aromatic carbocycles. The predicted octanol–water partition coefficient (Wildman–Crippen LogP) is 5.23. The molecule has 7 heteroatoms. The van der Waals surface area contributed by atoms with E-state index >= 15 is 0 Å². The number of carbonyl (C=O) groups excluding carboxylic acids is 1. The summed E-state index contributed by atoms with van der Waals surface area (Å²) in [6.07, 6.45) is 2.21. The molecule has 0 saturated heterocycles. The Morgan fingerprint density at radius 2 is 1.67 bits per heavy atom. The zero-order chi connectivity index (χ0) is 17.6. The number of amides is 1. The number of anilines is 1. The van der Waals surface area contributed by atoms with Crippen LogP contribution in [-0.4, -0.2) is 15.9 Å². The van der Waals surface area contributed by atoms with Gasteiger partial charge in [-0.2, -0.15) is 0 Å². The van der Waals surface area contributed by atoms with E-state index < -0.39 is 9.96 Å². The first-order valence-corrected chi connectivity index (χ1v) is 9.18. The highest BCUT2D eigenvalue weighted by molar-refractivity contribution is 14.1. The minimum atomic E-state index is -1.71. The topological polar surface area (TPSA) is 41.1 Å². The van der Waals surface area contributed by atoms with E-state index in [-0.39, 0.29) is 5.91 Å². The first-order valence-electron chi connectivity index (χ1n) is 6.97. The van der Waals surface area contributed by atoms with Crippen LogP contribution < -0.4 is 10.6 Å². The number of hydrogen-bond donors (Lipinski definition) is 2. The average Bonchev–Trinajstić information content (AvgIpc) is 2.54. The maximum absolute atomic E-state index is 12.1. The summed E-state index contributed by atoms with van der Waals surface area (Å²) in [5.41, 5.74) is 1.64. The van der Waals surface area contributed by atoms with Gasteiger partial charge in [-0.25, -0.2) is 0 Å². The van der Waals surface area contributed by atoms with E-state index in [0.717, 1.165) is 14.8 Å². The fourth-order valence-corrected chi connectivity index (χ4v) is 2.53. The monoisotopic (exact) mass is 494 g/mol. The molecule has 1 unspecified atom stereocenters. The van der Waals surface area contributed by atoms with Gasteiger partial charge in [-0.3, -0.25) is 4.79 Å². The molecule has 126 valence electrons. The third-order valence-corrected chi connectivity index (χ3v) is 4.37. The molecular formula is C17H14Cl3IN2O. The Balaban J connectivity index is 2.04. The van der Waals surface area contributed by atoms with Crippen molar-refractivity contribution in [2.75, 3.05) is 5.32 Å². The lowest BCUT2D eigenvalue weighted by atomic mass is 10.2. The molecule has 0 radical (unpaired) electrons. The Hall–Kier alpha value is -0.950. The zero-order valence-electron chi connectivity index (χ0n) is 12.3. The maximum atomic E-state index is 12.1. The predicted molar refractivity (Wildman–Crippen MR) is 110 cm³/mol. The first-order chi connectivity index (χ1) is 11.3. The molecule has 0 heterocycles. The number of alkyl halides is 3. The van der Waals surface area contributed by atoms with E-state index in [1.807, 2.05) is 54.6 Å². The highest BCUT2D eigenvalue weighted by Gasteiger charge is 2.33. The highest BCUT2D eigenvalue weighted by atomic mass is 127. The van der Waals surface area contributed by atoms with Crippen molar-refractivity contribution in [3.8, 4) is 0 Å². The SMILES string of the molecule is O=C(/C=C/c1ccccc1)NC(Nc1ccc(I)cc1)C(Cl)(Cl)Cl. The lowest BCUT2D eigenvalue weighted by Crippen LogP contribution is -2.48. The summed E-state index contributed by atoms with van der Waals surface area (Å²) in [6, 6.07) is 17.0. The second-order valence-corrected chi connectivity index (χ2v) is 8.49. The maximum Gasteiger partial charge on any atom is 0.245 e. The molecule has 24 heavy (non-hydrogen) atoms. The fraction of sp³-hybridized carbons (Fsp3) is 0.118. The molecule has 1 amide bonds. The number of halogens is 4. The van der Waals surface area contributed by atoms with Gasteiger partial charge in [0, 0.05) is 15.3 Å². The van der Waals surface area contributed by atoms with Crippen LogP contribution in [0, 0.1) is 3.57 Å². The van der Waals surface area contributed by atoms with Crippen LogP contribution in [0.4, 0.5) is 5.69 Å². The Morgan fingerprint density at radius 1 is 1.04 bits per heavy atom. The van der Waals surface area contributed by atoms with E-state index in [4.69, 9.17) is 34.8 Å². The summed E-state index contributed by atoms with van der Waals surface area (Å²) in [6.45, 7) is 0. The normalized spacial score (nSPS) is 12.8. The van der Waals surface area contributed by atoms with Gasteiger partial charge in [0.1, 0.15) is 6.17 Å². The molecule has 2 rings (SSSR count). The van der Waals surface area contributed by atoms with Gasteiger partial charge in [0.05, 0.1) is 0 Å². The molecule has 0 aliphatic heterocycles.